The van der Waals surface area contributed by atoms with Crippen LogP contribution >= 0.6 is 11.8 Å². The quantitative estimate of drug-likeness (QED) is 0.891. The molecule has 100 valence electrons. The van der Waals surface area contributed by atoms with Crippen molar-refractivity contribution in [2.45, 2.75) is 43.5 Å². The van der Waals surface area contributed by atoms with Gasteiger partial charge < -0.3 is 5.32 Å². The Balaban J connectivity index is 2.02. The van der Waals surface area contributed by atoms with Crippen LogP contribution in [0, 0.1) is 11.6 Å². The van der Waals surface area contributed by atoms with Crippen LogP contribution in [0.5, 0.6) is 0 Å². The van der Waals surface area contributed by atoms with Crippen LogP contribution in [-0.4, -0.2) is 17.5 Å². The fraction of sp³-hybridized carbons (Fsp3) is 0.571. The number of halogens is 2. The van der Waals surface area contributed by atoms with Crippen molar-refractivity contribution in [3.05, 3.63) is 35.4 Å². The molecule has 1 N–H and O–H groups in total. The Morgan fingerprint density at radius 3 is 2.72 bits per heavy atom. The average molecular weight is 271 g/mol. The Kier molecular flexibility index (Phi) is 4.62. The predicted octanol–water partition coefficient (Wildman–Crippen LogP) is 3.90. The van der Waals surface area contributed by atoms with E-state index in [1.165, 1.54) is 31.4 Å². The van der Waals surface area contributed by atoms with E-state index in [2.05, 4.69) is 11.6 Å². The Hall–Kier alpha value is -0.610. The molecule has 3 atom stereocenters. The number of hydrogen-bond donors (Lipinski definition) is 1. The van der Waals surface area contributed by atoms with Gasteiger partial charge in [0.25, 0.3) is 0 Å². The van der Waals surface area contributed by atoms with Gasteiger partial charge in [0.05, 0.1) is 0 Å². The minimum Gasteiger partial charge on any atom is -0.306 e. The Morgan fingerprint density at radius 1 is 1.28 bits per heavy atom. The zero-order valence-corrected chi connectivity index (χ0v) is 11.6. The summed E-state index contributed by atoms with van der Waals surface area (Å²) in [6.45, 7) is 2.00. The fourth-order valence-electron chi connectivity index (χ4n) is 2.60. The van der Waals surface area contributed by atoms with Gasteiger partial charge in [0.1, 0.15) is 0 Å². The topological polar surface area (TPSA) is 12.0 Å². The highest BCUT2D eigenvalue weighted by molar-refractivity contribution is 7.99. The fourth-order valence-corrected chi connectivity index (χ4v) is 3.54. The second kappa shape index (κ2) is 6.02. The summed E-state index contributed by atoms with van der Waals surface area (Å²) in [5.74, 6) is -1.55. The lowest BCUT2D eigenvalue weighted by Gasteiger charge is -2.24. The minimum absolute atomic E-state index is 0.0536. The van der Waals surface area contributed by atoms with E-state index in [0.29, 0.717) is 11.3 Å². The number of rotatable bonds is 4. The molecule has 0 bridgehead atoms. The molecule has 1 aliphatic rings. The van der Waals surface area contributed by atoms with E-state index in [1.54, 1.807) is 6.07 Å². The molecule has 1 aromatic carbocycles. The summed E-state index contributed by atoms with van der Waals surface area (Å²) in [6.07, 6.45) is 5.78. The molecule has 18 heavy (non-hydrogen) atoms. The largest absolute Gasteiger partial charge is 0.306 e. The van der Waals surface area contributed by atoms with Gasteiger partial charge in [-0.25, -0.2) is 8.78 Å². The zero-order chi connectivity index (χ0) is 13.1. The molecule has 2 rings (SSSR count). The standard InChI is InChI=1S/C14H19F2NS/c1-9(10-6-7-11(15)12(16)8-10)17-13-4-3-5-14(13)18-2/h6-9,13-14,17H,3-5H2,1-2H3. The molecule has 0 aromatic heterocycles. The van der Waals surface area contributed by atoms with Gasteiger partial charge in [-0.05, 0) is 43.7 Å². The monoisotopic (exact) mass is 271 g/mol. The minimum atomic E-state index is -0.784. The molecule has 1 fully saturated rings. The average Bonchev–Trinajstić information content (AvgIpc) is 2.79. The van der Waals surface area contributed by atoms with Crippen LogP contribution < -0.4 is 5.32 Å². The molecule has 0 aliphatic heterocycles. The molecule has 1 saturated carbocycles. The molecule has 4 heteroatoms. The highest BCUT2D eigenvalue weighted by Crippen LogP contribution is 2.30. The van der Waals surface area contributed by atoms with Gasteiger partial charge in [-0.2, -0.15) is 11.8 Å². The maximum Gasteiger partial charge on any atom is 0.159 e. The van der Waals surface area contributed by atoms with Crippen molar-refractivity contribution in [2.24, 2.45) is 0 Å². The molecule has 0 saturated heterocycles. The molecule has 0 radical (unpaired) electrons. The van der Waals surface area contributed by atoms with E-state index in [1.807, 2.05) is 18.7 Å². The molecule has 3 unspecified atom stereocenters. The van der Waals surface area contributed by atoms with E-state index < -0.39 is 11.6 Å². The first-order chi connectivity index (χ1) is 8.61. The van der Waals surface area contributed by atoms with Gasteiger partial charge in [-0.1, -0.05) is 12.5 Å². The van der Waals surface area contributed by atoms with Crippen LogP contribution in [0.15, 0.2) is 18.2 Å². The third-order valence-corrected chi connectivity index (χ3v) is 4.83. The Morgan fingerprint density at radius 2 is 2.06 bits per heavy atom. The van der Waals surface area contributed by atoms with Crippen LogP contribution in [0.3, 0.4) is 0 Å². The first-order valence-electron chi connectivity index (χ1n) is 6.35. The molecule has 0 amide bonds. The molecular weight excluding hydrogens is 252 g/mol. The lowest BCUT2D eigenvalue weighted by Crippen LogP contribution is -2.35. The van der Waals surface area contributed by atoms with Gasteiger partial charge in [0, 0.05) is 17.3 Å². The van der Waals surface area contributed by atoms with E-state index in [9.17, 15) is 8.78 Å². The maximum atomic E-state index is 13.2. The second-order valence-electron chi connectivity index (χ2n) is 4.87. The van der Waals surface area contributed by atoms with Crippen molar-refractivity contribution in [1.82, 2.24) is 5.32 Å². The highest BCUT2D eigenvalue weighted by Gasteiger charge is 2.27. The molecule has 0 spiro atoms. The number of hydrogen-bond acceptors (Lipinski definition) is 2. The lowest BCUT2D eigenvalue weighted by molar-refractivity contribution is 0.460. The van der Waals surface area contributed by atoms with Crippen LogP contribution in [0.4, 0.5) is 8.78 Å². The van der Waals surface area contributed by atoms with Crippen molar-refractivity contribution >= 4 is 11.8 Å². The van der Waals surface area contributed by atoms with Crippen molar-refractivity contribution in [3.8, 4) is 0 Å². The molecular formula is C14H19F2NS. The first-order valence-corrected chi connectivity index (χ1v) is 7.64. The van der Waals surface area contributed by atoms with Crippen molar-refractivity contribution in [1.29, 1.82) is 0 Å². The SMILES string of the molecule is CSC1CCCC1NC(C)c1ccc(F)c(F)c1. The second-order valence-corrected chi connectivity index (χ2v) is 5.95. The summed E-state index contributed by atoms with van der Waals surface area (Å²) in [5, 5.41) is 4.17. The third kappa shape index (κ3) is 3.04. The highest BCUT2D eigenvalue weighted by atomic mass is 32.2. The Labute approximate surface area is 111 Å². The van der Waals surface area contributed by atoms with Crippen LogP contribution in [0.2, 0.25) is 0 Å². The zero-order valence-electron chi connectivity index (χ0n) is 10.7. The predicted molar refractivity (Wildman–Crippen MR) is 72.9 cm³/mol. The van der Waals surface area contributed by atoms with Crippen molar-refractivity contribution < 1.29 is 8.78 Å². The third-order valence-electron chi connectivity index (χ3n) is 3.66. The van der Waals surface area contributed by atoms with Gasteiger partial charge in [-0.3, -0.25) is 0 Å². The van der Waals surface area contributed by atoms with E-state index >= 15 is 0 Å². The summed E-state index contributed by atoms with van der Waals surface area (Å²) in [5.41, 5.74) is 0.806. The van der Waals surface area contributed by atoms with Crippen molar-refractivity contribution in [3.63, 3.8) is 0 Å². The summed E-state index contributed by atoms with van der Waals surface area (Å²) in [4.78, 5) is 0. The molecule has 1 nitrogen and oxygen atoms in total. The number of nitrogens with one attached hydrogen (secondary N) is 1. The molecule has 1 aromatic rings. The van der Waals surface area contributed by atoms with Crippen LogP contribution in [0.1, 0.15) is 37.8 Å². The molecule has 1 aliphatic carbocycles. The summed E-state index contributed by atoms with van der Waals surface area (Å²) in [6, 6.07) is 4.67. The van der Waals surface area contributed by atoms with Crippen LogP contribution in [0.25, 0.3) is 0 Å². The van der Waals surface area contributed by atoms with E-state index in [0.717, 1.165) is 5.56 Å². The number of benzene rings is 1. The summed E-state index contributed by atoms with van der Waals surface area (Å²) >= 11 is 1.89. The number of thioether (sulfide) groups is 1. The van der Waals surface area contributed by atoms with E-state index in [4.69, 9.17) is 0 Å². The summed E-state index contributed by atoms with van der Waals surface area (Å²) in [7, 11) is 0. The normalized spacial score (nSPS) is 25.3. The smallest absolute Gasteiger partial charge is 0.159 e. The Bertz CT molecular complexity index is 411. The van der Waals surface area contributed by atoms with Gasteiger partial charge in [0.15, 0.2) is 11.6 Å². The first kappa shape index (κ1) is 13.8. The summed E-state index contributed by atoms with van der Waals surface area (Å²) < 4.78 is 26.1. The van der Waals surface area contributed by atoms with Gasteiger partial charge in [-0.15, -0.1) is 0 Å². The maximum absolute atomic E-state index is 13.2. The van der Waals surface area contributed by atoms with Gasteiger partial charge >= 0.3 is 0 Å². The molecule has 0 heterocycles. The van der Waals surface area contributed by atoms with E-state index in [-0.39, 0.29) is 6.04 Å². The van der Waals surface area contributed by atoms with Gasteiger partial charge in [0.2, 0.25) is 0 Å². The lowest BCUT2D eigenvalue weighted by atomic mass is 10.1. The van der Waals surface area contributed by atoms with Crippen LogP contribution in [-0.2, 0) is 0 Å². The van der Waals surface area contributed by atoms with Crippen molar-refractivity contribution in [2.75, 3.05) is 6.26 Å².